The van der Waals surface area contributed by atoms with Crippen molar-refractivity contribution in [3.05, 3.63) is 82.9 Å². The molecule has 3 aromatic carbocycles. The molecule has 0 fully saturated rings. The van der Waals surface area contributed by atoms with Crippen molar-refractivity contribution < 1.29 is 9.59 Å². The van der Waals surface area contributed by atoms with Crippen LogP contribution in [0.1, 0.15) is 22.8 Å². The van der Waals surface area contributed by atoms with Gasteiger partial charge >= 0.3 is 0 Å². The average Bonchev–Trinajstić information content (AvgIpc) is 3.17. The van der Waals surface area contributed by atoms with Crippen molar-refractivity contribution in [3.63, 3.8) is 0 Å². The number of hydrogen-bond acceptors (Lipinski definition) is 5. The Balaban J connectivity index is 1.39. The molecule has 0 saturated heterocycles. The van der Waals surface area contributed by atoms with Gasteiger partial charge in [0.05, 0.1) is 20.9 Å². The molecule has 0 aliphatic heterocycles. The van der Waals surface area contributed by atoms with E-state index in [0.717, 1.165) is 21.2 Å². The molecule has 156 valence electrons. The predicted molar refractivity (Wildman–Crippen MR) is 129 cm³/mol. The number of carbonyl (C=O) groups is 2. The zero-order valence-corrected chi connectivity index (χ0v) is 18.9. The minimum Gasteiger partial charge on any atom is -0.326 e. The Morgan fingerprint density at radius 2 is 1.81 bits per heavy atom. The fourth-order valence-electron chi connectivity index (χ4n) is 2.91. The van der Waals surface area contributed by atoms with Gasteiger partial charge in [-0.3, -0.25) is 9.59 Å². The van der Waals surface area contributed by atoms with Gasteiger partial charge in [-0.05, 0) is 48.0 Å². The molecule has 0 aliphatic rings. The minimum absolute atomic E-state index is 0.195. The molecule has 4 aromatic rings. The number of nitrogens with one attached hydrogen (secondary N) is 2. The van der Waals surface area contributed by atoms with Crippen LogP contribution in [-0.2, 0) is 10.5 Å². The van der Waals surface area contributed by atoms with E-state index in [1.807, 2.05) is 30.3 Å². The van der Waals surface area contributed by atoms with Crippen molar-refractivity contribution in [2.24, 2.45) is 0 Å². The second-order valence-electron chi connectivity index (χ2n) is 6.76. The molecule has 0 radical (unpaired) electrons. The highest BCUT2D eigenvalue weighted by molar-refractivity contribution is 8.00. The molecular formula is C23H18ClN3O2S2. The summed E-state index contributed by atoms with van der Waals surface area (Å²) >= 11 is 9.54. The number of carbonyl (C=O) groups excluding carboxylic acids is 2. The SMILES string of the molecule is CC(=O)Nc1ccc(Cl)c(NC(=O)c2ccc(CSc3nc4ccccc4s3)cc2)c1. The number of halogens is 1. The quantitative estimate of drug-likeness (QED) is 0.319. The van der Waals surface area contributed by atoms with Crippen LogP contribution in [0, 0.1) is 0 Å². The third kappa shape index (κ3) is 5.44. The van der Waals surface area contributed by atoms with Crippen LogP contribution in [0.3, 0.4) is 0 Å². The van der Waals surface area contributed by atoms with Gasteiger partial charge in [-0.2, -0.15) is 0 Å². The molecule has 0 spiro atoms. The van der Waals surface area contributed by atoms with Gasteiger partial charge in [0, 0.05) is 23.9 Å². The Morgan fingerprint density at radius 3 is 2.55 bits per heavy atom. The summed E-state index contributed by atoms with van der Waals surface area (Å²) in [5.74, 6) is 0.304. The minimum atomic E-state index is -0.271. The molecule has 0 saturated carbocycles. The monoisotopic (exact) mass is 467 g/mol. The summed E-state index contributed by atoms with van der Waals surface area (Å²) in [5, 5.41) is 5.86. The third-order valence-electron chi connectivity index (χ3n) is 4.39. The van der Waals surface area contributed by atoms with Crippen LogP contribution in [0.4, 0.5) is 11.4 Å². The van der Waals surface area contributed by atoms with E-state index in [2.05, 4.69) is 21.7 Å². The first-order valence-electron chi connectivity index (χ1n) is 9.44. The van der Waals surface area contributed by atoms with Gasteiger partial charge in [0.1, 0.15) is 0 Å². The summed E-state index contributed by atoms with van der Waals surface area (Å²) in [7, 11) is 0. The van der Waals surface area contributed by atoms with Gasteiger partial charge in [-0.15, -0.1) is 11.3 Å². The van der Waals surface area contributed by atoms with Crippen LogP contribution in [-0.4, -0.2) is 16.8 Å². The van der Waals surface area contributed by atoms with Crippen LogP contribution in [0.5, 0.6) is 0 Å². The number of para-hydroxylation sites is 1. The second kappa shape index (κ2) is 9.51. The number of benzene rings is 3. The second-order valence-corrected chi connectivity index (χ2v) is 9.42. The largest absolute Gasteiger partial charge is 0.326 e. The number of amides is 2. The first kappa shape index (κ1) is 21.4. The van der Waals surface area contributed by atoms with Crippen molar-refractivity contribution >= 4 is 68.1 Å². The van der Waals surface area contributed by atoms with Crippen molar-refractivity contribution in [3.8, 4) is 0 Å². The van der Waals surface area contributed by atoms with Crippen molar-refractivity contribution in [2.45, 2.75) is 17.0 Å². The summed E-state index contributed by atoms with van der Waals surface area (Å²) in [5.41, 5.74) is 3.65. The van der Waals surface area contributed by atoms with Gasteiger partial charge in [0.25, 0.3) is 5.91 Å². The van der Waals surface area contributed by atoms with Gasteiger partial charge in [0.15, 0.2) is 4.34 Å². The Hall–Kier alpha value is -2.87. The number of nitrogens with zero attached hydrogens (tertiary/aromatic N) is 1. The molecule has 5 nitrogen and oxygen atoms in total. The predicted octanol–water partition coefficient (Wildman–Crippen LogP) is 6.45. The van der Waals surface area contributed by atoms with E-state index in [4.69, 9.17) is 11.6 Å². The normalized spacial score (nSPS) is 10.8. The van der Waals surface area contributed by atoms with Crippen LogP contribution in [0.25, 0.3) is 10.2 Å². The highest BCUT2D eigenvalue weighted by Gasteiger charge is 2.11. The number of hydrogen-bond donors (Lipinski definition) is 2. The highest BCUT2D eigenvalue weighted by Crippen LogP contribution is 2.31. The molecule has 1 aromatic heterocycles. The van der Waals surface area contributed by atoms with Gasteiger partial charge < -0.3 is 10.6 Å². The molecule has 0 bridgehead atoms. The molecule has 31 heavy (non-hydrogen) atoms. The van der Waals surface area contributed by atoms with Gasteiger partial charge in [-0.1, -0.05) is 47.6 Å². The molecule has 4 rings (SSSR count). The summed E-state index contributed by atoms with van der Waals surface area (Å²) in [6, 6.07) is 20.5. The van der Waals surface area contributed by atoms with Crippen molar-refractivity contribution in [1.29, 1.82) is 0 Å². The van der Waals surface area contributed by atoms with E-state index in [1.54, 1.807) is 53.4 Å². The Kier molecular flexibility index (Phi) is 6.56. The smallest absolute Gasteiger partial charge is 0.255 e. The Morgan fingerprint density at radius 1 is 1.03 bits per heavy atom. The first-order chi connectivity index (χ1) is 15.0. The Labute approximate surface area is 192 Å². The average molecular weight is 468 g/mol. The lowest BCUT2D eigenvalue weighted by atomic mass is 10.1. The summed E-state index contributed by atoms with van der Waals surface area (Å²) in [4.78, 5) is 28.5. The standard InChI is InChI=1S/C23H18ClN3O2S2/c1-14(28)25-17-10-11-18(24)20(12-17)26-22(29)16-8-6-15(7-9-16)13-30-23-27-19-4-2-3-5-21(19)31-23/h2-12H,13H2,1H3,(H,25,28)(H,26,29). The van der Waals surface area contributed by atoms with Crippen molar-refractivity contribution in [2.75, 3.05) is 10.6 Å². The maximum atomic E-state index is 12.6. The molecule has 0 aliphatic carbocycles. The zero-order valence-electron chi connectivity index (χ0n) is 16.5. The molecule has 2 amide bonds. The third-order valence-corrected chi connectivity index (χ3v) is 6.97. The van der Waals surface area contributed by atoms with Crippen LogP contribution in [0.15, 0.2) is 71.1 Å². The van der Waals surface area contributed by atoms with E-state index in [0.29, 0.717) is 22.0 Å². The van der Waals surface area contributed by atoms with E-state index < -0.39 is 0 Å². The fraction of sp³-hybridized carbons (Fsp3) is 0.0870. The maximum Gasteiger partial charge on any atom is 0.255 e. The van der Waals surface area contributed by atoms with Crippen LogP contribution in [0.2, 0.25) is 5.02 Å². The van der Waals surface area contributed by atoms with Gasteiger partial charge in [-0.25, -0.2) is 4.98 Å². The summed E-state index contributed by atoms with van der Waals surface area (Å²) < 4.78 is 2.20. The van der Waals surface area contributed by atoms with E-state index in [1.165, 1.54) is 11.6 Å². The molecule has 0 unspecified atom stereocenters. The number of rotatable bonds is 6. The topological polar surface area (TPSA) is 71.1 Å². The number of fused-ring (bicyclic) bond motifs is 1. The lowest BCUT2D eigenvalue weighted by molar-refractivity contribution is -0.114. The lowest BCUT2D eigenvalue weighted by Gasteiger charge is -2.10. The van der Waals surface area contributed by atoms with E-state index in [-0.39, 0.29) is 11.8 Å². The zero-order chi connectivity index (χ0) is 21.8. The molecule has 0 atom stereocenters. The lowest BCUT2D eigenvalue weighted by Crippen LogP contribution is -2.13. The van der Waals surface area contributed by atoms with Gasteiger partial charge in [0.2, 0.25) is 5.91 Å². The van der Waals surface area contributed by atoms with Crippen LogP contribution >= 0.6 is 34.7 Å². The Bertz CT molecular complexity index is 1220. The first-order valence-corrected chi connectivity index (χ1v) is 11.6. The summed E-state index contributed by atoms with van der Waals surface area (Å²) in [6.07, 6.45) is 0. The number of thioether (sulfide) groups is 1. The number of aromatic nitrogens is 1. The number of thiazole rings is 1. The molecular weight excluding hydrogens is 450 g/mol. The van der Waals surface area contributed by atoms with E-state index >= 15 is 0 Å². The highest BCUT2D eigenvalue weighted by atomic mass is 35.5. The molecule has 1 heterocycles. The number of anilines is 2. The summed E-state index contributed by atoms with van der Waals surface area (Å²) in [6.45, 7) is 1.42. The fourth-order valence-corrected chi connectivity index (χ4v) is 5.10. The van der Waals surface area contributed by atoms with Crippen LogP contribution < -0.4 is 10.6 Å². The molecule has 8 heteroatoms. The maximum absolute atomic E-state index is 12.6. The van der Waals surface area contributed by atoms with Crippen molar-refractivity contribution in [1.82, 2.24) is 4.98 Å². The molecule has 2 N–H and O–H groups in total. The van der Waals surface area contributed by atoms with E-state index in [9.17, 15) is 9.59 Å².